The van der Waals surface area contributed by atoms with E-state index in [2.05, 4.69) is 5.32 Å². The van der Waals surface area contributed by atoms with Crippen LogP contribution in [0.1, 0.15) is 24.0 Å². The average Bonchev–Trinajstić information content (AvgIpc) is 2.38. The Hall–Kier alpha value is -2.04. The first-order valence-corrected chi connectivity index (χ1v) is 5.96. The first-order chi connectivity index (χ1) is 8.65. The van der Waals surface area contributed by atoms with Crippen LogP contribution < -0.4 is 10.2 Å². The Bertz CT molecular complexity index is 485. The van der Waals surface area contributed by atoms with Gasteiger partial charge in [0.1, 0.15) is 0 Å². The number of hydrogen-bond donors (Lipinski definition) is 2. The van der Waals surface area contributed by atoms with Crippen molar-refractivity contribution in [1.82, 2.24) is 0 Å². The van der Waals surface area contributed by atoms with Crippen LogP contribution in [0, 0.1) is 0 Å². The summed E-state index contributed by atoms with van der Waals surface area (Å²) < 4.78 is 0. The quantitative estimate of drug-likeness (QED) is 0.806. The summed E-state index contributed by atoms with van der Waals surface area (Å²) in [4.78, 5) is 22.9. The maximum absolute atomic E-state index is 11.1. The van der Waals surface area contributed by atoms with E-state index in [1.165, 1.54) is 4.90 Å². The van der Waals surface area contributed by atoms with Crippen molar-refractivity contribution >= 4 is 23.9 Å². The van der Waals surface area contributed by atoms with Crippen LogP contribution in [0.5, 0.6) is 0 Å². The minimum absolute atomic E-state index is 0.658. The predicted octanol–water partition coefficient (Wildman–Crippen LogP) is 2.25. The first-order valence-electron chi connectivity index (χ1n) is 5.96. The van der Waals surface area contributed by atoms with E-state index in [0.29, 0.717) is 12.1 Å². The maximum Gasteiger partial charge on any atom is 0.411 e. The van der Waals surface area contributed by atoms with Crippen LogP contribution in [0.15, 0.2) is 12.1 Å². The fourth-order valence-electron chi connectivity index (χ4n) is 2.46. The summed E-state index contributed by atoms with van der Waals surface area (Å²) in [6.07, 6.45) is 3.55. The summed E-state index contributed by atoms with van der Waals surface area (Å²) in [7, 11) is 1.54. The fraction of sp³-hybridized carbons (Fsp3) is 0.385. The Kier molecular flexibility index (Phi) is 3.50. The van der Waals surface area contributed by atoms with E-state index in [0.717, 1.165) is 42.5 Å². The molecule has 0 aromatic heterocycles. The zero-order chi connectivity index (χ0) is 13.1. The number of carbonyl (C=O) groups excluding carboxylic acids is 1. The summed E-state index contributed by atoms with van der Waals surface area (Å²) >= 11 is 0. The van der Waals surface area contributed by atoms with Crippen LogP contribution in [0.4, 0.5) is 16.2 Å². The van der Waals surface area contributed by atoms with E-state index >= 15 is 0 Å². The number of nitrogens with zero attached hydrogens (tertiary/aromatic N) is 1. The van der Waals surface area contributed by atoms with E-state index in [4.69, 9.17) is 5.11 Å². The van der Waals surface area contributed by atoms with Gasteiger partial charge in [0.05, 0.1) is 5.69 Å². The third kappa shape index (κ3) is 2.16. The fourth-order valence-corrected chi connectivity index (χ4v) is 2.46. The van der Waals surface area contributed by atoms with Gasteiger partial charge in [0.25, 0.3) is 0 Å². The second kappa shape index (κ2) is 5.08. The predicted molar refractivity (Wildman–Crippen MR) is 69.2 cm³/mol. The van der Waals surface area contributed by atoms with Crippen molar-refractivity contribution in [3.05, 3.63) is 23.3 Å². The van der Waals surface area contributed by atoms with E-state index in [1.807, 2.05) is 0 Å². The molecule has 0 atom stereocenters. The van der Waals surface area contributed by atoms with Crippen molar-refractivity contribution in [3.63, 3.8) is 0 Å². The highest BCUT2D eigenvalue weighted by molar-refractivity contribution is 5.88. The van der Waals surface area contributed by atoms with Crippen molar-refractivity contribution in [2.24, 2.45) is 0 Å². The number of nitrogens with one attached hydrogen (secondary N) is 1. The Labute approximate surface area is 105 Å². The van der Waals surface area contributed by atoms with Crippen molar-refractivity contribution < 1.29 is 14.7 Å². The number of hydrogen-bond acceptors (Lipinski definition) is 2. The largest absolute Gasteiger partial charge is 0.465 e. The van der Waals surface area contributed by atoms with Gasteiger partial charge in [0.2, 0.25) is 6.41 Å². The lowest BCUT2D eigenvalue weighted by molar-refractivity contribution is -0.105. The SMILES string of the molecule is CN(C(=O)O)c1ccc(NC=O)c2c1CCCC2. The molecule has 2 amide bonds. The van der Waals surface area contributed by atoms with E-state index in [1.54, 1.807) is 19.2 Å². The van der Waals surface area contributed by atoms with Gasteiger partial charge in [-0.25, -0.2) is 4.79 Å². The van der Waals surface area contributed by atoms with Crippen LogP contribution in [0.3, 0.4) is 0 Å². The number of carboxylic acid groups (broad SMARTS) is 1. The molecule has 0 unspecified atom stereocenters. The summed E-state index contributed by atoms with van der Waals surface area (Å²) in [5, 5.41) is 11.7. The maximum atomic E-state index is 11.1. The summed E-state index contributed by atoms with van der Waals surface area (Å²) in [5.41, 5.74) is 3.62. The van der Waals surface area contributed by atoms with Gasteiger partial charge < -0.3 is 10.4 Å². The molecule has 0 radical (unpaired) electrons. The number of rotatable bonds is 3. The highest BCUT2D eigenvalue weighted by atomic mass is 16.4. The summed E-state index contributed by atoms with van der Waals surface area (Å²) in [5.74, 6) is 0. The number of amides is 2. The Morgan fingerprint density at radius 1 is 1.33 bits per heavy atom. The second-order valence-corrected chi connectivity index (χ2v) is 4.40. The Morgan fingerprint density at radius 3 is 2.61 bits per heavy atom. The monoisotopic (exact) mass is 248 g/mol. The van der Waals surface area contributed by atoms with Crippen LogP contribution in [0.2, 0.25) is 0 Å². The molecule has 0 bridgehead atoms. The van der Waals surface area contributed by atoms with Crippen LogP contribution in [0.25, 0.3) is 0 Å². The van der Waals surface area contributed by atoms with Gasteiger partial charge in [0, 0.05) is 12.7 Å². The second-order valence-electron chi connectivity index (χ2n) is 4.40. The smallest absolute Gasteiger partial charge is 0.411 e. The lowest BCUT2D eigenvalue weighted by Crippen LogP contribution is -2.26. The normalized spacial score (nSPS) is 13.6. The molecule has 5 heteroatoms. The molecule has 1 aliphatic carbocycles. The standard InChI is InChI=1S/C13H16N2O3/c1-15(13(17)18)12-7-6-11(14-8-16)9-4-2-3-5-10(9)12/h6-8H,2-5H2,1H3,(H,14,16)(H,17,18). The number of anilines is 2. The molecule has 0 heterocycles. The molecule has 1 aromatic rings. The van der Waals surface area contributed by atoms with Gasteiger partial charge in [-0.15, -0.1) is 0 Å². The van der Waals surface area contributed by atoms with Gasteiger partial charge in [-0.05, 0) is 48.9 Å². The number of carbonyl (C=O) groups is 2. The van der Waals surface area contributed by atoms with E-state index in [-0.39, 0.29) is 0 Å². The molecule has 1 aromatic carbocycles. The van der Waals surface area contributed by atoms with Crippen molar-refractivity contribution in [2.75, 3.05) is 17.3 Å². The van der Waals surface area contributed by atoms with Crippen LogP contribution in [-0.2, 0) is 17.6 Å². The first kappa shape index (κ1) is 12.4. The molecule has 1 aliphatic rings. The summed E-state index contributed by atoms with van der Waals surface area (Å²) in [6.45, 7) is 0. The van der Waals surface area contributed by atoms with Gasteiger partial charge in [-0.2, -0.15) is 0 Å². The molecule has 5 nitrogen and oxygen atoms in total. The molecule has 0 fully saturated rings. The molecule has 2 rings (SSSR count). The van der Waals surface area contributed by atoms with Crippen LogP contribution in [-0.4, -0.2) is 24.7 Å². The minimum Gasteiger partial charge on any atom is -0.465 e. The third-order valence-electron chi connectivity index (χ3n) is 3.37. The lowest BCUT2D eigenvalue weighted by atomic mass is 9.88. The van der Waals surface area contributed by atoms with Crippen molar-refractivity contribution in [2.45, 2.75) is 25.7 Å². The number of fused-ring (bicyclic) bond motifs is 1. The van der Waals surface area contributed by atoms with E-state index < -0.39 is 6.09 Å². The molecular weight excluding hydrogens is 232 g/mol. The third-order valence-corrected chi connectivity index (χ3v) is 3.37. The highest BCUT2D eigenvalue weighted by Crippen LogP contribution is 2.34. The lowest BCUT2D eigenvalue weighted by Gasteiger charge is -2.25. The molecule has 2 N–H and O–H groups in total. The van der Waals surface area contributed by atoms with Gasteiger partial charge in [0.15, 0.2) is 0 Å². The zero-order valence-corrected chi connectivity index (χ0v) is 10.3. The van der Waals surface area contributed by atoms with E-state index in [9.17, 15) is 9.59 Å². The summed E-state index contributed by atoms with van der Waals surface area (Å²) in [6, 6.07) is 3.53. The van der Waals surface area contributed by atoms with Gasteiger partial charge in [-0.3, -0.25) is 9.69 Å². The van der Waals surface area contributed by atoms with Gasteiger partial charge in [-0.1, -0.05) is 0 Å². The van der Waals surface area contributed by atoms with Crippen LogP contribution >= 0.6 is 0 Å². The number of benzene rings is 1. The Balaban J connectivity index is 2.50. The highest BCUT2D eigenvalue weighted by Gasteiger charge is 2.20. The molecule has 0 aliphatic heterocycles. The molecular formula is C13H16N2O3. The minimum atomic E-state index is -0.973. The van der Waals surface area contributed by atoms with Crippen molar-refractivity contribution in [1.29, 1.82) is 0 Å². The molecule has 0 spiro atoms. The van der Waals surface area contributed by atoms with Gasteiger partial charge >= 0.3 is 6.09 Å². The Morgan fingerprint density at radius 2 is 2.00 bits per heavy atom. The molecule has 18 heavy (non-hydrogen) atoms. The average molecular weight is 248 g/mol. The topological polar surface area (TPSA) is 69.6 Å². The molecule has 0 saturated heterocycles. The molecule has 0 saturated carbocycles. The zero-order valence-electron chi connectivity index (χ0n) is 10.3. The molecule has 96 valence electrons. The van der Waals surface area contributed by atoms with Crippen molar-refractivity contribution in [3.8, 4) is 0 Å².